The summed E-state index contributed by atoms with van der Waals surface area (Å²) in [5, 5.41) is 0. The largest absolute Gasteiger partial charge is 0.355 e. The molecule has 0 bridgehead atoms. The number of anilines is 1. The van der Waals surface area contributed by atoms with Gasteiger partial charge in [0, 0.05) is 24.8 Å². The van der Waals surface area contributed by atoms with Crippen molar-refractivity contribution in [3.05, 3.63) is 58.3 Å². The second-order valence-corrected chi connectivity index (χ2v) is 5.63. The SMILES string of the molecule is Cc1cccc(CN(C)c2nc(C)cc(C)c2CCl)c1. The Bertz CT molecular complexity index is 608. The number of alkyl halides is 1. The van der Waals surface area contributed by atoms with Crippen LogP contribution in [-0.2, 0) is 12.4 Å². The normalized spacial score (nSPS) is 10.7. The number of benzene rings is 1. The number of nitrogens with zero attached hydrogens (tertiary/aromatic N) is 2. The lowest BCUT2D eigenvalue weighted by atomic mass is 10.1. The Hall–Kier alpha value is -1.54. The minimum atomic E-state index is 0.493. The van der Waals surface area contributed by atoms with Crippen LogP contribution in [0, 0.1) is 20.8 Å². The zero-order chi connectivity index (χ0) is 14.7. The predicted octanol–water partition coefficient (Wildman–Crippen LogP) is 4.38. The van der Waals surface area contributed by atoms with E-state index in [1.807, 2.05) is 6.92 Å². The zero-order valence-electron chi connectivity index (χ0n) is 12.6. The summed E-state index contributed by atoms with van der Waals surface area (Å²) in [6, 6.07) is 10.6. The number of hydrogen-bond donors (Lipinski definition) is 0. The lowest BCUT2D eigenvalue weighted by Crippen LogP contribution is -2.20. The van der Waals surface area contributed by atoms with Crippen LogP contribution in [0.1, 0.15) is 27.9 Å². The number of halogens is 1. The zero-order valence-corrected chi connectivity index (χ0v) is 13.3. The van der Waals surface area contributed by atoms with Crippen molar-refractivity contribution in [2.75, 3.05) is 11.9 Å². The molecule has 0 aliphatic rings. The number of aromatic nitrogens is 1. The van der Waals surface area contributed by atoms with Crippen molar-refractivity contribution < 1.29 is 0 Å². The maximum atomic E-state index is 6.10. The van der Waals surface area contributed by atoms with Crippen molar-refractivity contribution in [3.8, 4) is 0 Å². The fourth-order valence-electron chi connectivity index (χ4n) is 2.48. The molecule has 0 saturated carbocycles. The molecule has 0 spiro atoms. The summed E-state index contributed by atoms with van der Waals surface area (Å²) in [4.78, 5) is 6.84. The molecular formula is C17H21ClN2. The smallest absolute Gasteiger partial charge is 0.133 e. The monoisotopic (exact) mass is 288 g/mol. The van der Waals surface area contributed by atoms with Gasteiger partial charge in [-0.3, -0.25) is 0 Å². The predicted molar refractivity (Wildman–Crippen MR) is 86.6 cm³/mol. The van der Waals surface area contributed by atoms with Gasteiger partial charge in [-0.25, -0.2) is 4.98 Å². The molecule has 0 radical (unpaired) electrons. The molecule has 0 aliphatic carbocycles. The van der Waals surface area contributed by atoms with Crippen LogP contribution in [0.15, 0.2) is 30.3 Å². The van der Waals surface area contributed by atoms with Crippen molar-refractivity contribution in [2.24, 2.45) is 0 Å². The molecule has 2 nitrogen and oxygen atoms in total. The highest BCUT2D eigenvalue weighted by atomic mass is 35.5. The van der Waals surface area contributed by atoms with Gasteiger partial charge in [0.1, 0.15) is 5.82 Å². The Morgan fingerprint density at radius 3 is 2.55 bits per heavy atom. The molecule has 106 valence electrons. The van der Waals surface area contributed by atoms with E-state index < -0.39 is 0 Å². The third-order valence-electron chi connectivity index (χ3n) is 3.45. The first kappa shape index (κ1) is 14.9. The van der Waals surface area contributed by atoms with E-state index in [-0.39, 0.29) is 0 Å². The average Bonchev–Trinajstić information content (AvgIpc) is 2.37. The van der Waals surface area contributed by atoms with E-state index in [9.17, 15) is 0 Å². The molecule has 0 aliphatic heterocycles. The summed E-state index contributed by atoms with van der Waals surface area (Å²) in [6.45, 7) is 7.07. The molecule has 1 aromatic heterocycles. The lowest BCUT2D eigenvalue weighted by Gasteiger charge is -2.22. The molecule has 0 fully saturated rings. The summed E-state index contributed by atoms with van der Waals surface area (Å²) < 4.78 is 0. The highest BCUT2D eigenvalue weighted by molar-refractivity contribution is 6.17. The average molecular weight is 289 g/mol. The van der Waals surface area contributed by atoms with Gasteiger partial charge in [-0.15, -0.1) is 11.6 Å². The molecule has 0 saturated heterocycles. The topological polar surface area (TPSA) is 16.1 Å². The Kier molecular flexibility index (Phi) is 4.66. The minimum Gasteiger partial charge on any atom is -0.355 e. The van der Waals surface area contributed by atoms with Crippen molar-refractivity contribution in [2.45, 2.75) is 33.2 Å². The van der Waals surface area contributed by atoms with Gasteiger partial charge in [-0.05, 0) is 38.0 Å². The van der Waals surface area contributed by atoms with E-state index in [0.29, 0.717) is 5.88 Å². The van der Waals surface area contributed by atoms with Crippen molar-refractivity contribution in [1.29, 1.82) is 0 Å². The number of rotatable bonds is 4. The van der Waals surface area contributed by atoms with Gasteiger partial charge in [-0.1, -0.05) is 29.8 Å². The third kappa shape index (κ3) is 3.31. The van der Waals surface area contributed by atoms with Gasteiger partial charge in [0.2, 0.25) is 0 Å². The molecule has 0 N–H and O–H groups in total. The van der Waals surface area contributed by atoms with E-state index in [0.717, 1.165) is 23.6 Å². The summed E-state index contributed by atoms with van der Waals surface area (Å²) in [5.41, 5.74) is 5.92. The maximum absolute atomic E-state index is 6.10. The molecule has 3 heteroatoms. The van der Waals surface area contributed by atoms with Crippen molar-refractivity contribution in [1.82, 2.24) is 4.98 Å². The van der Waals surface area contributed by atoms with Gasteiger partial charge in [-0.2, -0.15) is 0 Å². The third-order valence-corrected chi connectivity index (χ3v) is 3.72. The summed E-state index contributed by atoms with van der Waals surface area (Å²) in [6.07, 6.45) is 0. The van der Waals surface area contributed by atoms with Crippen LogP contribution in [0.4, 0.5) is 5.82 Å². The van der Waals surface area contributed by atoms with Crippen LogP contribution in [0.2, 0.25) is 0 Å². The van der Waals surface area contributed by atoms with E-state index in [1.165, 1.54) is 16.7 Å². The Labute approximate surface area is 126 Å². The van der Waals surface area contributed by atoms with Crippen LogP contribution >= 0.6 is 11.6 Å². The maximum Gasteiger partial charge on any atom is 0.133 e. The van der Waals surface area contributed by atoms with Gasteiger partial charge in [0.05, 0.1) is 5.88 Å². The molecule has 2 rings (SSSR count). The van der Waals surface area contributed by atoms with Gasteiger partial charge < -0.3 is 4.90 Å². The first-order valence-corrected chi connectivity index (χ1v) is 7.34. The fraction of sp³-hybridized carbons (Fsp3) is 0.353. The first-order chi connectivity index (χ1) is 9.51. The van der Waals surface area contributed by atoms with Crippen LogP contribution < -0.4 is 4.90 Å². The number of pyridine rings is 1. The highest BCUT2D eigenvalue weighted by Gasteiger charge is 2.12. The van der Waals surface area contributed by atoms with Crippen molar-refractivity contribution in [3.63, 3.8) is 0 Å². The van der Waals surface area contributed by atoms with Crippen LogP contribution in [-0.4, -0.2) is 12.0 Å². The second-order valence-electron chi connectivity index (χ2n) is 5.36. The quantitative estimate of drug-likeness (QED) is 0.776. The minimum absolute atomic E-state index is 0.493. The summed E-state index contributed by atoms with van der Waals surface area (Å²) >= 11 is 6.10. The Morgan fingerprint density at radius 1 is 1.15 bits per heavy atom. The lowest BCUT2D eigenvalue weighted by molar-refractivity contribution is 0.878. The Morgan fingerprint density at radius 2 is 1.90 bits per heavy atom. The Balaban J connectivity index is 2.31. The van der Waals surface area contributed by atoms with Gasteiger partial charge >= 0.3 is 0 Å². The van der Waals surface area contributed by atoms with E-state index in [4.69, 9.17) is 11.6 Å². The van der Waals surface area contributed by atoms with Crippen LogP contribution in [0.25, 0.3) is 0 Å². The van der Waals surface area contributed by atoms with E-state index >= 15 is 0 Å². The molecule has 0 atom stereocenters. The highest BCUT2D eigenvalue weighted by Crippen LogP contribution is 2.24. The molecule has 0 unspecified atom stereocenters. The summed E-state index contributed by atoms with van der Waals surface area (Å²) in [7, 11) is 2.07. The molecule has 1 heterocycles. The van der Waals surface area contributed by atoms with Crippen molar-refractivity contribution >= 4 is 17.4 Å². The first-order valence-electron chi connectivity index (χ1n) is 6.81. The molecule has 2 aromatic rings. The van der Waals surface area contributed by atoms with Gasteiger partial charge in [0.15, 0.2) is 0 Å². The fourth-order valence-corrected chi connectivity index (χ4v) is 2.81. The molecular weight excluding hydrogens is 268 g/mol. The molecule has 20 heavy (non-hydrogen) atoms. The second kappa shape index (κ2) is 6.27. The van der Waals surface area contributed by atoms with E-state index in [1.54, 1.807) is 0 Å². The molecule has 0 amide bonds. The van der Waals surface area contributed by atoms with Crippen LogP contribution in [0.5, 0.6) is 0 Å². The van der Waals surface area contributed by atoms with Crippen LogP contribution in [0.3, 0.4) is 0 Å². The number of aryl methyl sites for hydroxylation is 3. The van der Waals surface area contributed by atoms with Gasteiger partial charge in [0.25, 0.3) is 0 Å². The van der Waals surface area contributed by atoms with E-state index in [2.05, 4.69) is 61.1 Å². The standard InChI is InChI=1S/C17H21ClN2/c1-12-6-5-7-15(8-12)11-20(4)17-16(10-18)13(2)9-14(3)19-17/h5-9H,10-11H2,1-4H3. The molecule has 1 aromatic carbocycles. The summed E-state index contributed by atoms with van der Waals surface area (Å²) in [5.74, 6) is 1.48. The number of hydrogen-bond acceptors (Lipinski definition) is 2.